The van der Waals surface area contributed by atoms with Crippen molar-refractivity contribution in [1.82, 2.24) is 14.9 Å². The van der Waals surface area contributed by atoms with Crippen LogP contribution in [0.4, 0.5) is 20.7 Å². The number of anilines is 2. The Morgan fingerprint density at radius 2 is 1.82 bits per heavy atom. The van der Waals surface area contributed by atoms with Crippen molar-refractivity contribution < 1.29 is 19.1 Å². The number of carbonyl (C=O) groups is 2. The van der Waals surface area contributed by atoms with Gasteiger partial charge in [-0.25, -0.2) is 14.2 Å². The van der Waals surface area contributed by atoms with Crippen LogP contribution in [0.2, 0.25) is 5.02 Å². The third kappa shape index (κ3) is 6.68. The maximum atomic E-state index is 15.3. The van der Waals surface area contributed by atoms with Crippen molar-refractivity contribution in [3.05, 3.63) is 119 Å². The largest absolute Gasteiger partial charge is 0.383 e. The lowest BCUT2D eigenvalue weighted by atomic mass is 9.82. The summed E-state index contributed by atoms with van der Waals surface area (Å²) in [5.74, 6) is -0.481. The summed E-state index contributed by atoms with van der Waals surface area (Å²) in [5, 5.41) is 17.4. The van der Waals surface area contributed by atoms with Crippen LogP contribution in [0.5, 0.6) is 0 Å². The number of nitrogens with two attached hydrogens (primary N) is 1. The highest BCUT2D eigenvalue weighted by Gasteiger charge is 2.49. The summed E-state index contributed by atoms with van der Waals surface area (Å²) in [5.41, 5.74) is 6.22. The minimum absolute atomic E-state index is 0.0791. The number of nitrogens with zero attached hydrogens (tertiary/aromatic N) is 3. The third-order valence-corrected chi connectivity index (χ3v) is 8.90. The molecule has 2 aliphatic rings. The fraction of sp³-hybridized carbons (Fsp3) is 0.294. The molecule has 232 valence electrons. The molecule has 3 amide bonds. The van der Waals surface area contributed by atoms with Gasteiger partial charge in [0.15, 0.2) is 0 Å². The average molecular weight is 629 g/mol. The summed E-state index contributed by atoms with van der Waals surface area (Å²) in [6, 6.07) is 20.1. The highest BCUT2D eigenvalue weighted by molar-refractivity contribution is 6.30. The lowest BCUT2D eigenvalue weighted by Crippen LogP contribution is -2.45. The van der Waals surface area contributed by atoms with Crippen LogP contribution >= 0.6 is 11.6 Å². The monoisotopic (exact) mass is 628 g/mol. The van der Waals surface area contributed by atoms with E-state index in [2.05, 4.69) is 20.6 Å². The minimum Gasteiger partial charge on any atom is -0.383 e. The van der Waals surface area contributed by atoms with Gasteiger partial charge < -0.3 is 21.1 Å². The van der Waals surface area contributed by atoms with Gasteiger partial charge in [-0.1, -0.05) is 66.9 Å². The van der Waals surface area contributed by atoms with Gasteiger partial charge in [-0.05, 0) is 66.3 Å². The molecular weight excluding hydrogens is 595 g/mol. The summed E-state index contributed by atoms with van der Waals surface area (Å²) in [6.45, 7) is -0.177. The van der Waals surface area contributed by atoms with Crippen molar-refractivity contribution in [1.29, 1.82) is 0 Å². The smallest absolute Gasteiger partial charge is 0.323 e. The van der Waals surface area contributed by atoms with E-state index in [0.717, 1.165) is 19.3 Å². The predicted molar refractivity (Wildman–Crippen MR) is 170 cm³/mol. The summed E-state index contributed by atoms with van der Waals surface area (Å²) >= 11 is 5.93. The first-order valence-electron chi connectivity index (χ1n) is 14.9. The number of likely N-dealkylation sites (tertiary alicyclic amines) is 1. The van der Waals surface area contributed by atoms with E-state index in [1.807, 2.05) is 24.3 Å². The Hall–Kier alpha value is -4.38. The van der Waals surface area contributed by atoms with E-state index in [1.54, 1.807) is 42.6 Å². The van der Waals surface area contributed by atoms with E-state index < -0.39 is 34.9 Å². The predicted octanol–water partition coefficient (Wildman–Crippen LogP) is 5.79. The molecule has 3 unspecified atom stereocenters. The molecule has 9 nitrogen and oxygen atoms in total. The number of halogens is 2. The van der Waals surface area contributed by atoms with Gasteiger partial charge in [-0.3, -0.25) is 15.1 Å². The highest BCUT2D eigenvalue weighted by atomic mass is 35.5. The number of aromatic nitrogens is 2. The number of amides is 3. The van der Waals surface area contributed by atoms with Crippen molar-refractivity contribution in [3.8, 4) is 0 Å². The summed E-state index contributed by atoms with van der Waals surface area (Å²) in [6.07, 6.45) is 6.78. The minimum atomic E-state index is -1.53. The van der Waals surface area contributed by atoms with Gasteiger partial charge in [0.05, 0.1) is 28.5 Å². The Bertz CT molecular complexity index is 1670. The zero-order valence-corrected chi connectivity index (χ0v) is 25.3. The molecule has 11 heteroatoms. The van der Waals surface area contributed by atoms with E-state index in [-0.39, 0.29) is 24.5 Å². The Balaban J connectivity index is 1.29. The molecule has 0 bridgehead atoms. The van der Waals surface area contributed by atoms with Crippen LogP contribution in [-0.2, 0) is 15.9 Å². The SMILES string of the molecule is NC(CCC1CC1)(c1ccc(F)c(NC(=O)C2CC(O)(c3ccccc3)CN2C(=O)Nc2ccc(Cl)cn2)c1)c1ccccn1. The Morgan fingerprint density at radius 1 is 1.04 bits per heavy atom. The quantitative estimate of drug-likeness (QED) is 0.185. The Morgan fingerprint density at radius 3 is 2.51 bits per heavy atom. The van der Waals surface area contributed by atoms with E-state index in [1.165, 1.54) is 29.3 Å². The molecule has 45 heavy (non-hydrogen) atoms. The number of pyridine rings is 2. The molecule has 1 saturated carbocycles. The molecule has 0 radical (unpaired) electrons. The number of hydrogen-bond acceptors (Lipinski definition) is 6. The van der Waals surface area contributed by atoms with Crippen LogP contribution < -0.4 is 16.4 Å². The second-order valence-electron chi connectivity index (χ2n) is 11.9. The van der Waals surface area contributed by atoms with Gasteiger partial charge in [0.2, 0.25) is 5.91 Å². The van der Waals surface area contributed by atoms with Crippen LogP contribution in [0.1, 0.15) is 48.9 Å². The fourth-order valence-corrected chi connectivity index (χ4v) is 6.03. The highest BCUT2D eigenvalue weighted by Crippen LogP contribution is 2.41. The van der Waals surface area contributed by atoms with Gasteiger partial charge in [-0.2, -0.15) is 0 Å². The normalized spacial score (nSPS) is 20.8. The van der Waals surface area contributed by atoms with E-state index in [9.17, 15) is 14.7 Å². The molecule has 2 aromatic carbocycles. The lowest BCUT2D eigenvalue weighted by Gasteiger charge is -2.30. The van der Waals surface area contributed by atoms with E-state index in [4.69, 9.17) is 17.3 Å². The molecular formula is C34H34ClFN6O3. The molecule has 2 fully saturated rings. The third-order valence-electron chi connectivity index (χ3n) is 8.68. The Kier molecular flexibility index (Phi) is 8.54. The first-order chi connectivity index (χ1) is 21.6. The maximum Gasteiger partial charge on any atom is 0.323 e. The maximum absolute atomic E-state index is 15.3. The molecule has 3 heterocycles. The van der Waals surface area contributed by atoms with Gasteiger partial charge in [-0.15, -0.1) is 0 Å². The summed E-state index contributed by atoms with van der Waals surface area (Å²) in [4.78, 5) is 37.2. The first kappa shape index (κ1) is 30.6. The number of rotatable bonds is 9. The number of nitrogens with one attached hydrogen (secondary N) is 2. The Labute approximate surface area is 265 Å². The van der Waals surface area contributed by atoms with Crippen molar-refractivity contribution in [2.45, 2.75) is 49.3 Å². The summed E-state index contributed by atoms with van der Waals surface area (Å²) in [7, 11) is 0. The number of carbonyl (C=O) groups excluding carboxylic acids is 2. The number of β-amino-alcohol motifs (C(OH)–C–C–N with tert-alkyl or cyclic N) is 1. The van der Waals surface area contributed by atoms with Crippen LogP contribution in [0.15, 0.2) is 91.3 Å². The standard InChI is InChI=1S/C34H34ClFN6O3/c35-25-12-14-30(39-20-25)41-32(44)42-21-33(45,23-6-2-1-3-7-23)19-28(42)31(43)40-27-18-24(11-13-26(27)36)34(37,16-15-22-9-10-22)29-8-4-5-17-38-29/h1-8,11-14,17-18,20,22,28,45H,9-10,15-16,19,21,37H2,(H,40,43)(H,39,41,44). The molecule has 0 spiro atoms. The molecule has 6 rings (SSSR count). The number of urea groups is 1. The van der Waals surface area contributed by atoms with Crippen LogP contribution in [0.25, 0.3) is 0 Å². The molecule has 3 atom stereocenters. The lowest BCUT2D eigenvalue weighted by molar-refractivity contribution is -0.119. The molecule has 1 aliphatic carbocycles. The second kappa shape index (κ2) is 12.5. The number of hydrogen-bond donors (Lipinski definition) is 4. The first-order valence-corrected chi connectivity index (χ1v) is 15.3. The average Bonchev–Trinajstić information content (AvgIpc) is 3.82. The second-order valence-corrected chi connectivity index (χ2v) is 12.3. The van der Waals surface area contributed by atoms with E-state index >= 15 is 4.39 Å². The summed E-state index contributed by atoms with van der Waals surface area (Å²) < 4.78 is 15.3. The zero-order valence-electron chi connectivity index (χ0n) is 24.5. The number of aliphatic hydroxyl groups is 1. The van der Waals surface area contributed by atoms with E-state index in [0.29, 0.717) is 34.2 Å². The molecule has 1 saturated heterocycles. The van der Waals surface area contributed by atoms with Gasteiger partial charge >= 0.3 is 6.03 Å². The number of benzene rings is 2. The topological polar surface area (TPSA) is 133 Å². The van der Waals surface area contributed by atoms with Crippen LogP contribution in [-0.4, -0.2) is 44.5 Å². The van der Waals surface area contributed by atoms with Crippen molar-refractivity contribution in [3.63, 3.8) is 0 Å². The molecule has 1 aliphatic heterocycles. The van der Waals surface area contributed by atoms with Gasteiger partial charge in [0, 0.05) is 18.8 Å². The van der Waals surface area contributed by atoms with Crippen molar-refractivity contribution >= 4 is 35.0 Å². The van der Waals surface area contributed by atoms with Crippen molar-refractivity contribution in [2.24, 2.45) is 11.7 Å². The fourth-order valence-electron chi connectivity index (χ4n) is 5.92. The molecule has 2 aromatic heterocycles. The van der Waals surface area contributed by atoms with Gasteiger partial charge in [0.1, 0.15) is 23.3 Å². The van der Waals surface area contributed by atoms with Gasteiger partial charge in [0.25, 0.3) is 0 Å². The zero-order chi connectivity index (χ0) is 31.6. The van der Waals surface area contributed by atoms with Crippen molar-refractivity contribution in [2.75, 3.05) is 17.2 Å². The molecule has 5 N–H and O–H groups in total. The van der Waals surface area contributed by atoms with Crippen LogP contribution in [0, 0.1) is 11.7 Å². The van der Waals surface area contributed by atoms with Crippen LogP contribution in [0.3, 0.4) is 0 Å². The molecule has 4 aromatic rings.